The average Bonchev–Trinajstić information content (AvgIpc) is 2.30. The highest BCUT2D eigenvalue weighted by molar-refractivity contribution is 7.99. The number of hydrogen-bond acceptors (Lipinski definition) is 5. The zero-order chi connectivity index (χ0) is 10.7. The lowest BCUT2D eigenvalue weighted by molar-refractivity contribution is 0.677. The van der Waals surface area contributed by atoms with Crippen LogP contribution in [0, 0.1) is 0 Å². The molecule has 0 spiro atoms. The molecule has 1 unspecified atom stereocenters. The summed E-state index contributed by atoms with van der Waals surface area (Å²) in [6.07, 6.45) is 1.70. The topological polar surface area (TPSA) is 55.0 Å². The molecular formula is C10H16N4S. The van der Waals surface area contributed by atoms with Gasteiger partial charge >= 0.3 is 0 Å². The molecule has 0 bridgehead atoms. The van der Waals surface area contributed by atoms with Gasteiger partial charge in [0.15, 0.2) is 5.82 Å². The van der Waals surface area contributed by atoms with Crippen molar-refractivity contribution in [3.05, 3.63) is 17.8 Å². The van der Waals surface area contributed by atoms with Crippen LogP contribution in [0.4, 0.5) is 5.82 Å². The highest BCUT2D eigenvalue weighted by atomic mass is 32.2. The molecular weight excluding hydrogens is 208 g/mol. The summed E-state index contributed by atoms with van der Waals surface area (Å²) in [6, 6.07) is 2.47. The SMILES string of the molecule is CC1CSCCN1c1nnccc1CN. The predicted molar refractivity (Wildman–Crippen MR) is 64.1 cm³/mol. The normalized spacial score (nSPS) is 21.7. The second-order valence-electron chi connectivity index (χ2n) is 3.70. The minimum absolute atomic E-state index is 0.519. The smallest absolute Gasteiger partial charge is 0.156 e. The van der Waals surface area contributed by atoms with Gasteiger partial charge in [0.2, 0.25) is 0 Å². The molecule has 0 aromatic carbocycles. The Morgan fingerprint density at radius 2 is 2.53 bits per heavy atom. The molecule has 0 amide bonds. The molecule has 0 radical (unpaired) electrons. The summed E-state index contributed by atoms with van der Waals surface area (Å²) in [6.45, 7) is 3.79. The lowest BCUT2D eigenvalue weighted by Crippen LogP contribution is -2.41. The van der Waals surface area contributed by atoms with Crippen molar-refractivity contribution < 1.29 is 0 Å². The molecule has 2 heterocycles. The average molecular weight is 224 g/mol. The summed E-state index contributed by atoms with van der Waals surface area (Å²) in [5, 5.41) is 8.16. The van der Waals surface area contributed by atoms with Gasteiger partial charge in [-0.3, -0.25) is 0 Å². The van der Waals surface area contributed by atoms with Crippen molar-refractivity contribution in [3.63, 3.8) is 0 Å². The molecule has 1 aromatic heterocycles. The van der Waals surface area contributed by atoms with Gasteiger partial charge in [0.25, 0.3) is 0 Å². The third-order valence-electron chi connectivity index (χ3n) is 2.64. The molecule has 15 heavy (non-hydrogen) atoms. The Morgan fingerprint density at radius 1 is 1.67 bits per heavy atom. The quantitative estimate of drug-likeness (QED) is 0.808. The highest BCUT2D eigenvalue weighted by Gasteiger charge is 2.21. The molecule has 1 fully saturated rings. The molecule has 2 rings (SSSR count). The number of hydrogen-bond donors (Lipinski definition) is 1. The molecule has 5 heteroatoms. The Kier molecular flexibility index (Phi) is 3.43. The maximum atomic E-state index is 5.70. The van der Waals surface area contributed by atoms with Crippen molar-refractivity contribution in [2.75, 3.05) is 23.0 Å². The monoisotopic (exact) mass is 224 g/mol. The van der Waals surface area contributed by atoms with E-state index in [4.69, 9.17) is 5.73 Å². The van der Waals surface area contributed by atoms with Gasteiger partial charge in [-0.25, -0.2) is 0 Å². The first-order chi connectivity index (χ1) is 7.33. The first kappa shape index (κ1) is 10.7. The van der Waals surface area contributed by atoms with E-state index >= 15 is 0 Å². The van der Waals surface area contributed by atoms with E-state index < -0.39 is 0 Å². The van der Waals surface area contributed by atoms with Crippen LogP contribution < -0.4 is 10.6 Å². The van der Waals surface area contributed by atoms with Crippen molar-refractivity contribution in [3.8, 4) is 0 Å². The lowest BCUT2D eigenvalue weighted by atomic mass is 10.2. The second kappa shape index (κ2) is 4.81. The van der Waals surface area contributed by atoms with Crippen LogP contribution in [0.2, 0.25) is 0 Å². The molecule has 1 aliphatic rings. The molecule has 1 aliphatic heterocycles. The minimum Gasteiger partial charge on any atom is -0.350 e. The van der Waals surface area contributed by atoms with Gasteiger partial charge < -0.3 is 10.6 Å². The molecule has 1 atom stereocenters. The summed E-state index contributed by atoms with van der Waals surface area (Å²) in [4.78, 5) is 2.31. The Hall–Kier alpha value is -0.810. The van der Waals surface area contributed by atoms with Gasteiger partial charge in [0.1, 0.15) is 0 Å². The van der Waals surface area contributed by atoms with Crippen molar-refractivity contribution in [2.24, 2.45) is 5.73 Å². The fraction of sp³-hybridized carbons (Fsp3) is 0.600. The van der Waals surface area contributed by atoms with Crippen LogP contribution in [-0.4, -0.2) is 34.3 Å². The van der Waals surface area contributed by atoms with Crippen LogP contribution in [0.5, 0.6) is 0 Å². The standard InChI is InChI=1S/C10H16N4S/c1-8-7-15-5-4-14(8)10-9(6-11)2-3-12-13-10/h2-3,8H,4-7,11H2,1H3. The van der Waals surface area contributed by atoms with Crippen molar-refractivity contribution in [2.45, 2.75) is 19.5 Å². The third kappa shape index (κ3) is 2.23. The molecule has 4 nitrogen and oxygen atoms in total. The van der Waals surface area contributed by atoms with E-state index in [9.17, 15) is 0 Å². The van der Waals surface area contributed by atoms with Crippen LogP contribution in [0.3, 0.4) is 0 Å². The van der Waals surface area contributed by atoms with Gasteiger partial charge in [-0.15, -0.1) is 5.10 Å². The summed E-state index contributed by atoms with van der Waals surface area (Å²) in [5.41, 5.74) is 6.79. The van der Waals surface area contributed by atoms with E-state index in [0.717, 1.165) is 29.4 Å². The molecule has 0 aliphatic carbocycles. The number of aromatic nitrogens is 2. The van der Waals surface area contributed by atoms with Gasteiger partial charge in [-0.05, 0) is 13.0 Å². The number of rotatable bonds is 2. The fourth-order valence-corrected chi connectivity index (χ4v) is 2.81. The molecule has 2 N–H and O–H groups in total. The van der Waals surface area contributed by atoms with Gasteiger partial charge in [0, 0.05) is 36.2 Å². The van der Waals surface area contributed by atoms with Crippen LogP contribution in [0.1, 0.15) is 12.5 Å². The van der Waals surface area contributed by atoms with Crippen LogP contribution in [-0.2, 0) is 6.54 Å². The number of nitrogens with zero attached hydrogens (tertiary/aromatic N) is 3. The first-order valence-corrected chi connectivity index (χ1v) is 6.33. The third-order valence-corrected chi connectivity index (χ3v) is 3.83. The van der Waals surface area contributed by atoms with Gasteiger partial charge in [-0.1, -0.05) is 0 Å². The first-order valence-electron chi connectivity index (χ1n) is 5.18. The Bertz CT molecular complexity index is 331. The van der Waals surface area contributed by atoms with Gasteiger partial charge in [-0.2, -0.15) is 16.9 Å². The summed E-state index contributed by atoms with van der Waals surface area (Å²) in [5.74, 6) is 3.28. The van der Waals surface area contributed by atoms with Crippen LogP contribution in [0.15, 0.2) is 12.3 Å². The summed E-state index contributed by atoms with van der Waals surface area (Å²) in [7, 11) is 0. The van der Waals surface area contributed by atoms with E-state index in [1.165, 1.54) is 0 Å². The minimum atomic E-state index is 0.519. The summed E-state index contributed by atoms with van der Waals surface area (Å²) >= 11 is 1.99. The maximum absolute atomic E-state index is 5.70. The molecule has 1 saturated heterocycles. The predicted octanol–water partition coefficient (Wildman–Crippen LogP) is 0.877. The Balaban J connectivity index is 2.26. The fourth-order valence-electron chi connectivity index (χ4n) is 1.79. The number of thioether (sulfide) groups is 1. The van der Waals surface area contributed by atoms with E-state index in [0.29, 0.717) is 12.6 Å². The zero-order valence-corrected chi connectivity index (χ0v) is 9.70. The maximum Gasteiger partial charge on any atom is 0.156 e. The Labute approximate surface area is 94.2 Å². The number of anilines is 1. The van der Waals surface area contributed by atoms with Crippen LogP contribution >= 0.6 is 11.8 Å². The summed E-state index contributed by atoms with van der Waals surface area (Å²) < 4.78 is 0. The van der Waals surface area contributed by atoms with E-state index in [-0.39, 0.29) is 0 Å². The van der Waals surface area contributed by atoms with Crippen molar-refractivity contribution in [1.29, 1.82) is 0 Å². The lowest BCUT2D eigenvalue weighted by Gasteiger charge is -2.34. The van der Waals surface area contributed by atoms with Crippen molar-refractivity contribution >= 4 is 17.6 Å². The Morgan fingerprint density at radius 3 is 3.27 bits per heavy atom. The molecule has 0 saturated carbocycles. The highest BCUT2D eigenvalue weighted by Crippen LogP contribution is 2.24. The van der Waals surface area contributed by atoms with E-state index in [1.807, 2.05) is 17.8 Å². The van der Waals surface area contributed by atoms with Crippen molar-refractivity contribution in [1.82, 2.24) is 10.2 Å². The molecule has 1 aromatic rings. The van der Waals surface area contributed by atoms with Gasteiger partial charge in [0.05, 0.1) is 6.20 Å². The largest absolute Gasteiger partial charge is 0.350 e. The zero-order valence-electron chi connectivity index (χ0n) is 8.89. The number of nitrogens with two attached hydrogens (primary N) is 1. The molecule has 82 valence electrons. The van der Waals surface area contributed by atoms with E-state index in [2.05, 4.69) is 22.0 Å². The van der Waals surface area contributed by atoms with Crippen LogP contribution in [0.25, 0.3) is 0 Å². The van der Waals surface area contributed by atoms with E-state index in [1.54, 1.807) is 6.20 Å². The second-order valence-corrected chi connectivity index (χ2v) is 4.85.